The van der Waals surface area contributed by atoms with Gasteiger partial charge in [0.25, 0.3) is 5.69 Å². The molecule has 1 heterocycles. The number of nitro benzene ring substituents is 1. The fourth-order valence-corrected chi connectivity index (χ4v) is 2.41. The molecule has 22 heavy (non-hydrogen) atoms. The van der Waals surface area contributed by atoms with Gasteiger partial charge in [-0.05, 0) is 18.2 Å². The van der Waals surface area contributed by atoms with E-state index in [0.717, 1.165) is 5.69 Å². The van der Waals surface area contributed by atoms with Gasteiger partial charge in [-0.2, -0.15) is 12.6 Å². The fourth-order valence-electron chi connectivity index (χ4n) is 2.13. The van der Waals surface area contributed by atoms with E-state index >= 15 is 0 Å². The highest BCUT2D eigenvalue weighted by Gasteiger charge is 2.14. The number of phenolic OH excluding ortho intramolecular Hbond substituents is 1. The van der Waals surface area contributed by atoms with E-state index in [1.165, 1.54) is 18.2 Å². The summed E-state index contributed by atoms with van der Waals surface area (Å²) >= 11 is 4.24. The first-order chi connectivity index (χ1) is 10.6. The van der Waals surface area contributed by atoms with Crippen LogP contribution in [-0.2, 0) is 13.1 Å². The van der Waals surface area contributed by atoms with E-state index in [1.54, 1.807) is 6.20 Å². The maximum absolute atomic E-state index is 10.9. The number of nitrogens with zero attached hydrogens (tertiary/aromatic N) is 3. The molecule has 0 saturated heterocycles. The molecule has 1 aromatic heterocycles. The van der Waals surface area contributed by atoms with Crippen molar-refractivity contribution in [3.05, 3.63) is 64.0 Å². The van der Waals surface area contributed by atoms with Gasteiger partial charge < -0.3 is 5.11 Å². The van der Waals surface area contributed by atoms with Gasteiger partial charge in [0.15, 0.2) is 0 Å². The van der Waals surface area contributed by atoms with E-state index < -0.39 is 4.92 Å². The molecule has 0 spiro atoms. The molecule has 0 unspecified atom stereocenters. The first-order valence-corrected chi connectivity index (χ1v) is 7.43. The Morgan fingerprint density at radius 1 is 1.27 bits per heavy atom. The second kappa shape index (κ2) is 7.77. The summed E-state index contributed by atoms with van der Waals surface area (Å²) in [7, 11) is 0. The quantitative estimate of drug-likeness (QED) is 0.466. The Hall–Kier alpha value is -2.12. The molecule has 0 saturated carbocycles. The van der Waals surface area contributed by atoms with Crippen LogP contribution in [0.15, 0.2) is 42.6 Å². The van der Waals surface area contributed by atoms with E-state index in [1.807, 2.05) is 23.1 Å². The van der Waals surface area contributed by atoms with Gasteiger partial charge in [0, 0.05) is 49.3 Å². The zero-order chi connectivity index (χ0) is 15.9. The number of aromatic nitrogens is 1. The van der Waals surface area contributed by atoms with Gasteiger partial charge in [-0.3, -0.25) is 20.0 Å². The van der Waals surface area contributed by atoms with Crippen molar-refractivity contribution in [1.82, 2.24) is 9.88 Å². The Bertz CT molecular complexity index is 637. The Kier molecular flexibility index (Phi) is 5.74. The van der Waals surface area contributed by atoms with Crippen molar-refractivity contribution < 1.29 is 10.0 Å². The molecule has 0 bridgehead atoms. The van der Waals surface area contributed by atoms with Crippen LogP contribution < -0.4 is 0 Å². The lowest BCUT2D eigenvalue weighted by molar-refractivity contribution is -0.385. The van der Waals surface area contributed by atoms with Crippen LogP contribution in [0.2, 0.25) is 0 Å². The minimum atomic E-state index is -0.468. The normalized spacial score (nSPS) is 10.8. The lowest BCUT2D eigenvalue weighted by Crippen LogP contribution is -2.25. The third-order valence-electron chi connectivity index (χ3n) is 3.20. The van der Waals surface area contributed by atoms with Crippen molar-refractivity contribution in [3.8, 4) is 5.75 Å². The summed E-state index contributed by atoms with van der Waals surface area (Å²) in [5.74, 6) is 0.693. The van der Waals surface area contributed by atoms with Crippen LogP contribution >= 0.6 is 12.6 Å². The lowest BCUT2D eigenvalue weighted by Gasteiger charge is -2.21. The number of non-ortho nitro benzene ring substituents is 1. The zero-order valence-corrected chi connectivity index (χ0v) is 12.8. The molecule has 0 aliphatic carbocycles. The number of phenols is 1. The van der Waals surface area contributed by atoms with E-state index in [2.05, 4.69) is 17.6 Å². The molecule has 0 amide bonds. The van der Waals surface area contributed by atoms with Gasteiger partial charge in [-0.15, -0.1) is 0 Å². The van der Waals surface area contributed by atoms with Crippen LogP contribution in [0, 0.1) is 10.1 Å². The predicted octanol–water partition coefficient (Wildman–Crippen LogP) is 2.63. The highest BCUT2D eigenvalue weighted by Crippen LogP contribution is 2.24. The summed E-state index contributed by atoms with van der Waals surface area (Å²) in [6.07, 6.45) is 1.72. The first kappa shape index (κ1) is 16.3. The average Bonchev–Trinajstić information content (AvgIpc) is 2.50. The molecule has 0 fully saturated rings. The number of thiol groups is 1. The Morgan fingerprint density at radius 3 is 2.73 bits per heavy atom. The van der Waals surface area contributed by atoms with E-state index in [-0.39, 0.29) is 11.4 Å². The summed E-state index contributed by atoms with van der Waals surface area (Å²) in [6.45, 7) is 1.66. The molecule has 2 rings (SSSR count). The number of rotatable bonds is 7. The lowest BCUT2D eigenvalue weighted by atomic mass is 10.1. The molecular weight excluding hydrogens is 302 g/mol. The minimum Gasteiger partial charge on any atom is -0.508 e. The van der Waals surface area contributed by atoms with Crippen molar-refractivity contribution in [1.29, 1.82) is 0 Å². The van der Waals surface area contributed by atoms with Crippen molar-refractivity contribution >= 4 is 18.3 Å². The Balaban J connectivity index is 2.17. The average molecular weight is 319 g/mol. The highest BCUT2D eigenvalue weighted by atomic mass is 32.1. The maximum atomic E-state index is 10.9. The molecule has 0 atom stereocenters. The van der Waals surface area contributed by atoms with Crippen molar-refractivity contribution in [2.24, 2.45) is 0 Å². The van der Waals surface area contributed by atoms with Crippen LogP contribution in [0.3, 0.4) is 0 Å². The van der Waals surface area contributed by atoms with E-state index in [4.69, 9.17) is 0 Å². The molecule has 0 aliphatic rings. The monoisotopic (exact) mass is 319 g/mol. The van der Waals surface area contributed by atoms with Crippen molar-refractivity contribution in [2.75, 3.05) is 12.3 Å². The third kappa shape index (κ3) is 4.44. The van der Waals surface area contributed by atoms with Gasteiger partial charge in [0.2, 0.25) is 0 Å². The number of benzene rings is 1. The highest BCUT2D eigenvalue weighted by molar-refractivity contribution is 7.80. The first-order valence-electron chi connectivity index (χ1n) is 6.79. The maximum Gasteiger partial charge on any atom is 0.270 e. The smallest absolute Gasteiger partial charge is 0.270 e. The van der Waals surface area contributed by atoms with Gasteiger partial charge in [0.1, 0.15) is 5.75 Å². The number of pyridine rings is 1. The molecule has 1 aromatic carbocycles. The van der Waals surface area contributed by atoms with Crippen LogP contribution in [0.5, 0.6) is 5.75 Å². The topological polar surface area (TPSA) is 79.5 Å². The molecule has 116 valence electrons. The molecular formula is C15H17N3O3S. The zero-order valence-electron chi connectivity index (χ0n) is 11.9. The van der Waals surface area contributed by atoms with Crippen LogP contribution in [0.4, 0.5) is 5.69 Å². The van der Waals surface area contributed by atoms with Crippen LogP contribution in [-0.4, -0.2) is 32.2 Å². The summed E-state index contributed by atoms with van der Waals surface area (Å²) in [4.78, 5) is 16.7. The molecule has 6 nitrogen and oxygen atoms in total. The molecule has 0 aliphatic heterocycles. The Labute approximate surface area is 134 Å². The fraction of sp³-hybridized carbons (Fsp3) is 0.267. The number of nitro groups is 1. The van der Waals surface area contributed by atoms with Gasteiger partial charge in [-0.25, -0.2) is 0 Å². The minimum absolute atomic E-state index is 0.0311. The van der Waals surface area contributed by atoms with Crippen LogP contribution in [0.1, 0.15) is 11.3 Å². The predicted molar refractivity (Wildman–Crippen MR) is 87.0 cm³/mol. The van der Waals surface area contributed by atoms with Crippen molar-refractivity contribution in [2.45, 2.75) is 13.1 Å². The summed E-state index contributed by atoms with van der Waals surface area (Å²) in [5, 5.41) is 20.8. The molecule has 1 N–H and O–H groups in total. The standard InChI is InChI=1S/C15H17N3O3S/c19-15-5-4-14(18(20)21)9-12(15)10-17(7-8-22)11-13-3-1-2-6-16-13/h1-6,9,19,22H,7-8,10-11H2. The SMILES string of the molecule is O=[N+]([O-])c1ccc(O)c(CN(CCS)Cc2ccccn2)c1. The van der Waals surface area contributed by atoms with Gasteiger partial charge in [0.05, 0.1) is 10.6 Å². The summed E-state index contributed by atoms with van der Waals surface area (Å²) < 4.78 is 0. The van der Waals surface area contributed by atoms with Gasteiger partial charge in [-0.1, -0.05) is 6.07 Å². The second-order valence-electron chi connectivity index (χ2n) is 4.83. The Morgan fingerprint density at radius 2 is 2.09 bits per heavy atom. The van der Waals surface area contributed by atoms with Crippen molar-refractivity contribution in [3.63, 3.8) is 0 Å². The number of hydrogen-bond donors (Lipinski definition) is 2. The molecule has 2 aromatic rings. The van der Waals surface area contributed by atoms with E-state index in [0.29, 0.717) is 31.0 Å². The summed E-state index contributed by atoms with van der Waals surface area (Å²) in [5.41, 5.74) is 1.39. The van der Waals surface area contributed by atoms with E-state index in [9.17, 15) is 15.2 Å². The second-order valence-corrected chi connectivity index (χ2v) is 5.27. The van der Waals surface area contributed by atoms with Crippen LogP contribution in [0.25, 0.3) is 0 Å². The number of aromatic hydroxyl groups is 1. The molecule has 0 radical (unpaired) electrons. The summed E-state index contributed by atoms with van der Waals surface area (Å²) in [6, 6.07) is 9.72. The largest absolute Gasteiger partial charge is 0.508 e. The molecule has 7 heteroatoms. The van der Waals surface area contributed by atoms with Gasteiger partial charge >= 0.3 is 0 Å². The number of hydrogen-bond acceptors (Lipinski definition) is 6. The third-order valence-corrected chi connectivity index (χ3v) is 3.40.